The minimum Gasteiger partial charge on any atom is -0.388 e. The van der Waals surface area contributed by atoms with E-state index in [1.807, 2.05) is 4.98 Å². The second-order valence-electron chi connectivity index (χ2n) is 7.56. The number of ether oxygens (including phenoxy) is 2. The van der Waals surface area contributed by atoms with Gasteiger partial charge >= 0.3 is 21.3 Å². The predicted molar refractivity (Wildman–Crippen MR) is 110 cm³/mol. The summed E-state index contributed by atoms with van der Waals surface area (Å²) < 4.78 is 48.3. The van der Waals surface area contributed by atoms with Crippen LogP contribution in [-0.2, 0) is 36.8 Å². The molecule has 3 heterocycles. The molecule has 10 unspecified atom stereocenters. The number of hydrogen-bond donors (Lipinski definition) is 8. The van der Waals surface area contributed by atoms with E-state index in [-0.39, 0.29) is 6.41 Å². The van der Waals surface area contributed by atoms with Gasteiger partial charge in [-0.25, -0.2) is 13.9 Å². The molecular weight excluding hydrogens is 540 g/mol. The molecule has 0 aliphatic carbocycles. The van der Waals surface area contributed by atoms with Crippen molar-refractivity contribution >= 4 is 22.1 Å². The molecular formula is C15H23N3O16P2. The summed E-state index contributed by atoms with van der Waals surface area (Å²) in [4.78, 5) is 55.0. The second-order valence-corrected chi connectivity index (χ2v) is 10.6. The van der Waals surface area contributed by atoms with E-state index in [2.05, 4.69) is 18.7 Å². The van der Waals surface area contributed by atoms with Crippen LogP contribution in [0.25, 0.3) is 0 Å². The molecule has 2 saturated heterocycles. The lowest BCUT2D eigenvalue weighted by atomic mass is 10.0. The Hall–Kier alpha value is -1.83. The maximum Gasteiger partial charge on any atom is 0.483 e. The smallest absolute Gasteiger partial charge is 0.388 e. The first-order valence-electron chi connectivity index (χ1n) is 9.95. The summed E-state index contributed by atoms with van der Waals surface area (Å²) in [6.07, 6.45) is -11.1. The van der Waals surface area contributed by atoms with Gasteiger partial charge in [-0.2, -0.15) is 4.31 Å². The Morgan fingerprint density at radius 1 is 1.11 bits per heavy atom. The molecule has 1 aromatic heterocycles. The largest absolute Gasteiger partial charge is 0.483 e. The van der Waals surface area contributed by atoms with Gasteiger partial charge in [0.15, 0.2) is 12.5 Å². The summed E-state index contributed by atoms with van der Waals surface area (Å²) in [5.74, 6) is 0. The highest BCUT2D eigenvalue weighted by atomic mass is 31.3. The third kappa shape index (κ3) is 6.73. The van der Waals surface area contributed by atoms with Crippen molar-refractivity contribution < 1.29 is 67.0 Å². The van der Waals surface area contributed by atoms with Crippen molar-refractivity contribution in [1.82, 2.24) is 14.9 Å². The van der Waals surface area contributed by atoms with Crippen molar-refractivity contribution in [2.75, 3.05) is 13.2 Å². The molecule has 19 nitrogen and oxygen atoms in total. The molecule has 21 heteroatoms. The van der Waals surface area contributed by atoms with Crippen LogP contribution >= 0.6 is 15.6 Å². The van der Waals surface area contributed by atoms with Crippen molar-refractivity contribution in [1.29, 1.82) is 0 Å². The molecule has 8 N–H and O–H groups in total. The summed E-state index contributed by atoms with van der Waals surface area (Å²) in [5, 5.41) is 42.2. The maximum atomic E-state index is 12.1. The lowest BCUT2D eigenvalue weighted by molar-refractivity contribution is -0.221. The van der Waals surface area contributed by atoms with Crippen molar-refractivity contribution in [2.45, 2.75) is 49.1 Å². The van der Waals surface area contributed by atoms with Crippen molar-refractivity contribution in [3.63, 3.8) is 0 Å². The molecule has 0 saturated carbocycles. The minimum absolute atomic E-state index is 0.218. The monoisotopic (exact) mass is 563 g/mol. The summed E-state index contributed by atoms with van der Waals surface area (Å²) in [5.41, 5.74) is -1.73. The average Bonchev–Trinajstić information content (AvgIpc) is 3.05. The van der Waals surface area contributed by atoms with Crippen LogP contribution in [0.1, 0.15) is 6.23 Å². The number of phosphoric acid groups is 2. The van der Waals surface area contributed by atoms with E-state index in [1.165, 1.54) is 0 Å². The molecule has 0 bridgehead atoms. The molecule has 1 aromatic rings. The zero-order valence-corrected chi connectivity index (χ0v) is 19.7. The van der Waals surface area contributed by atoms with Gasteiger partial charge in [0.1, 0.15) is 30.5 Å². The molecule has 204 valence electrons. The first-order valence-corrected chi connectivity index (χ1v) is 12.9. The van der Waals surface area contributed by atoms with Gasteiger partial charge in [0.25, 0.3) is 5.56 Å². The van der Waals surface area contributed by atoms with Crippen LogP contribution < -0.4 is 16.6 Å². The standard InChI is InChI=1S/C15H23N3O16P2/c19-5-16-6-3-30-14(12(24)9(6)21)33-36(28,29)34-35(26,27)31-4-7-10(22)11(23)13(32-7)18-2-1-8(20)17-15(18)25/h1-2,5-7,9-14,21-24H,3-4H2,(H,16,19)(H,26,27)(H,28,29)(H,17,20,25). The lowest BCUT2D eigenvalue weighted by Crippen LogP contribution is -2.58. The fourth-order valence-corrected chi connectivity index (χ4v) is 5.49. The van der Waals surface area contributed by atoms with E-state index >= 15 is 0 Å². The number of carbonyl (C=O) groups is 1. The van der Waals surface area contributed by atoms with Gasteiger partial charge < -0.3 is 45.0 Å². The molecule has 0 spiro atoms. The second kappa shape index (κ2) is 11.3. The predicted octanol–water partition coefficient (Wildman–Crippen LogP) is -4.40. The fraction of sp³-hybridized carbons (Fsp3) is 0.667. The molecule has 36 heavy (non-hydrogen) atoms. The minimum atomic E-state index is -5.50. The number of H-pyrrole nitrogens is 1. The number of nitrogens with zero attached hydrogens (tertiary/aromatic N) is 1. The topological polar surface area (TPSA) is 286 Å². The number of hydrogen-bond acceptors (Lipinski definition) is 14. The normalized spacial score (nSPS) is 36.1. The molecule has 10 atom stereocenters. The number of phosphoric ester groups is 2. The Morgan fingerprint density at radius 3 is 2.44 bits per heavy atom. The summed E-state index contributed by atoms with van der Waals surface area (Å²) in [6, 6.07) is -0.139. The van der Waals surface area contributed by atoms with Crippen LogP contribution in [0.15, 0.2) is 21.9 Å². The van der Waals surface area contributed by atoms with Gasteiger partial charge in [-0.3, -0.25) is 28.2 Å². The number of amides is 1. The molecule has 0 aromatic carbocycles. The summed E-state index contributed by atoms with van der Waals surface area (Å²) in [7, 11) is -10.9. The van der Waals surface area contributed by atoms with E-state index in [1.54, 1.807) is 0 Å². The zero-order chi connectivity index (χ0) is 26.8. The van der Waals surface area contributed by atoms with E-state index < -0.39 is 89.2 Å². The number of aliphatic hydroxyl groups excluding tert-OH is 4. The van der Waals surface area contributed by atoms with Crippen LogP contribution in [-0.4, -0.2) is 102 Å². The van der Waals surface area contributed by atoms with Crippen molar-refractivity contribution in [2.24, 2.45) is 0 Å². The quantitative estimate of drug-likeness (QED) is 0.0985. The SMILES string of the molecule is O=CNC1COC(OP(=O)(O)OP(=O)(O)OCC2OC(n3ccc(=O)[nH]c3=O)C(O)C2O)C(O)C1O. The highest BCUT2D eigenvalue weighted by molar-refractivity contribution is 7.61. The molecule has 2 fully saturated rings. The first-order chi connectivity index (χ1) is 16.7. The Bertz CT molecular complexity index is 1140. The molecule has 1 amide bonds. The van der Waals surface area contributed by atoms with E-state index in [9.17, 15) is 53.7 Å². The van der Waals surface area contributed by atoms with Crippen LogP contribution in [0.5, 0.6) is 0 Å². The van der Waals surface area contributed by atoms with Gasteiger partial charge in [-0.05, 0) is 0 Å². The van der Waals surface area contributed by atoms with Crippen LogP contribution in [0.2, 0.25) is 0 Å². The van der Waals surface area contributed by atoms with E-state index in [0.29, 0.717) is 0 Å². The van der Waals surface area contributed by atoms with Gasteiger partial charge in [-0.15, -0.1) is 0 Å². The number of aromatic amines is 1. The Morgan fingerprint density at radius 2 is 1.81 bits per heavy atom. The van der Waals surface area contributed by atoms with Gasteiger partial charge in [0.2, 0.25) is 6.41 Å². The highest BCUT2D eigenvalue weighted by Crippen LogP contribution is 2.61. The molecule has 2 aliphatic rings. The lowest BCUT2D eigenvalue weighted by Gasteiger charge is -2.37. The van der Waals surface area contributed by atoms with Crippen LogP contribution in [0, 0.1) is 0 Å². The average molecular weight is 563 g/mol. The van der Waals surface area contributed by atoms with E-state index in [4.69, 9.17) is 9.47 Å². The fourth-order valence-electron chi connectivity index (χ4n) is 3.32. The van der Waals surface area contributed by atoms with Crippen molar-refractivity contribution in [3.05, 3.63) is 33.1 Å². The number of aromatic nitrogens is 2. The Kier molecular flexibility index (Phi) is 9.00. The van der Waals surface area contributed by atoms with Crippen LogP contribution in [0.3, 0.4) is 0 Å². The number of nitrogens with one attached hydrogen (secondary N) is 2. The first kappa shape index (κ1) is 28.7. The van der Waals surface area contributed by atoms with Gasteiger partial charge in [0, 0.05) is 12.3 Å². The third-order valence-electron chi connectivity index (χ3n) is 5.07. The maximum absolute atomic E-state index is 12.1. The van der Waals surface area contributed by atoms with Gasteiger partial charge in [-0.1, -0.05) is 0 Å². The summed E-state index contributed by atoms with van der Waals surface area (Å²) in [6.45, 7) is -1.46. The van der Waals surface area contributed by atoms with Crippen LogP contribution in [0.4, 0.5) is 0 Å². The molecule has 2 aliphatic heterocycles. The third-order valence-corrected chi connectivity index (χ3v) is 7.67. The molecule has 0 radical (unpaired) electrons. The van der Waals surface area contributed by atoms with E-state index in [0.717, 1.165) is 16.8 Å². The van der Waals surface area contributed by atoms with Gasteiger partial charge in [0.05, 0.1) is 19.3 Å². The molecule has 3 rings (SSSR count). The zero-order valence-electron chi connectivity index (χ0n) is 17.9. The Labute approximate surface area is 200 Å². The van der Waals surface area contributed by atoms with Crippen molar-refractivity contribution in [3.8, 4) is 0 Å². The highest BCUT2D eigenvalue weighted by Gasteiger charge is 2.48. The number of carbonyl (C=O) groups excluding carboxylic acids is 1. The Balaban J connectivity index is 1.58. The number of aliphatic hydroxyl groups is 4. The summed E-state index contributed by atoms with van der Waals surface area (Å²) >= 11 is 0. The number of rotatable bonds is 10.